The number of rotatable bonds is 6. The van der Waals surface area contributed by atoms with Crippen LogP contribution >= 0.6 is 15.9 Å². The largest absolute Gasteiger partial charge is 0.483 e. The van der Waals surface area contributed by atoms with Crippen LogP contribution in [-0.2, 0) is 11.3 Å². The van der Waals surface area contributed by atoms with Gasteiger partial charge in [0.25, 0.3) is 5.91 Å². The fraction of sp³-hybridized carbons (Fsp3) is 0.611. The summed E-state index contributed by atoms with van der Waals surface area (Å²) in [6.07, 6.45) is 5.12. The highest BCUT2D eigenvalue weighted by Crippen LogP contribution is 2.25. The Morgan fingerprint density at radius 2 is 2.00 bits per heavy atom. The number of carbonyl (C=O) groups is 1. The Labute approximate surface area is 147 Å². The first-order valence-electron chi connectivity index (χ1n) is 8.29. The second kappa shape index (κ2) is 8.15. The van der Waals surface area contributed by atoms with Gasteiger partial charge in [-0.2, -0.15) is 0 Å². The monoisotopic (exact) mass is 382 g/mol. The average Bonchev–Trinajstić information content (AvgIpc) is 2.95. The van der Waals surface area contributed by atoms with E-state index >= 15 is 0 Å². The zero-order chi connectivity index (χ0) is 16.9. The van der Waals surface area contributed by atoms with Crippen LogP contribution in [0.1, 0.15) is 52.0 Å². The van der Waals surface area contributed by atoms with Gasteiger partial charge in [0.1, 0.15) is 5.75 Å². The van der Waals surface area contributed by atoms with Crippen LogP contribution < -0.4 is 15.4 Å². The van der Waals surface area contributed by atoms with Crippen LogP contribution in [0.3, 0.4) is 0 Å². The van der Waals surface area contributed by atoms with E-state index in [4.69, 9.17) is 4.74 Å². The van der Waals surface area contributed by atoms with Crippen molar-refractivity contribution in [1.82, 2.24) is 10.6 Å². The highest BCUT2D eigenvalue weighted by atomic mass is 79.9. The van der Waals surface area contributed by atoms with E-state index in [0.29, 0.717) is 6.04 Å². The van der Waals surface area contributed by atoms with Crippen molar-refractivity contribution in [3.05, 3.63) is 28.2 Å². The molecule has 0 aromatic heterocycles. The van der Waals surface area contributed by atoms with Crippen LogP contribution in [0.15, 0.2) is 22.7 Å². The van der Waals surface area contributed by atoms with Crippen LogP contribution in [0, 0.1) is 0 Å². The Kier molecular flexibility index (Phi) is 6.48. The lowest BCUT2D eigenvalue weighted by Gasteiger charge is -2.21. The van der Waals surface area contributed by atoms with Gasteiger partial charge in [-0.25, -0.2) is 0 Å². The topological polar surface area (TPSA) is 50.4 Å². The summed E-state index contributed by atoms with van der Waals surface area (Å²) in [5.74, 6) is 0.665. The van der Waals surface area contributed by atoms with Gasteiger partial charge >= 0.3 is 0 Å². The predicted octanol–water partition coefficient (Wildman–Crippen LogP) is 3.77. The van der Waals surface area contributed by atoms with Crippen molar-refractivity contribution >= 4 is 21.8 Å². The Bertz CT molecular complexity index is 534. The maximum atomic E-state index is 11.9. The highest BCUT2D eigenvalue weighted by molar-refractivity contribution is 9.10. The number of ether oxygens (including phenoxy) is 1. The fourth-order valence-corrected chi connectivity index (χ4v) is 3.22. The van der Waals surface area contributed by atoms with Crippen molar-refractivity contribution < 1.29 is 9.53 Å². The first-order chi connectivity index (χ1) is 10.8. The number of hydrogen-bond donors (Lipinski definition) is 2. The molecule has 128 valence electrons. The summed E-state index contributed by atoms with van der Waals surface area (Å²) in [5, 5.41) is 6.50. The van der Waals surface area contributed by atoms with Crippen molar-refractivity contribution in [3.8, 4) is 5.75 Å². The minimum Gasteiger partial charge on any atom is -0.483 e. The summed E-state index contributed by atoms with van der Waals surface area (Å²) >= 11 is 3.51. The lowest BCUT2D eigenvalue weighted by atomic mass is 10.1. The van der Waals surface area contributed by atoms with E-state index in [2.05, 4.69) is 32.6 Å². The van der Waals surface area contributed by atoms with Crippen molar-refractivity contribution in [1.29, 1.82) is 0 Å². The van der Waals surface area contributed by atoms with Crippen LogP contribution in [-0.4, -0.2) is 24.1 Å². The SMILES string of the molecule is CC(C)(C)NC(=O)COc1ccc(Br)cc1CNC1CCCC1. The normalized spacial score (nSPS) is 15.7. The Morgan fingerprint density at radius 3 is 2.65 bits per heavy atom. The summed E-state index contributed by atoms with van der Waals surface area (Å²) in [6, 6.07) is 6.51. The molecule has 0 bridgehead atoms. The lowest BCUT2D eigenvalue weighted by molar-refractivity contribution is -0.124. The number of hydrogen-bond acceptors (Lipinski definition) is 3. The maximum Gasteiger partial charge on any atom is 0.258 e. The summed E-state index contributed by atoms with van der Waals surface area (Å²) in [5.41, 5.74) is 0.836. The Balaban J connectivity index is 1.93. The smallest absolute Gasteiger partial charge is 0.258 e. The van der Waals surface area contributed by atoms with Gasteiger partial charge in [0, 0.05) is 28.2 Å². The number of carbonyl (C=O) groups excluding carboxylic acids is 1. The lowest BCUT2D eigenvalue weighted by Crippen LogP contribution is -2.43. The molecule has 0 atom stereocenters. The predicted molar refractivity (Wildman–Crippen MR) is 96.6 cm³/mol. The molecule has 0 aliphatic heterocycles. The second-order valence-electron chi connectivity index (χ2n) is 7.20. The molecule has 1 aromatic rings. The van der Waals surface area contributed by atoms with E-state index in [1.807, 2.05) is 32.9 Å². The second-order valence-corrected chi connectivity index (χ2v) is 8.12. The Hall–Kier alpha value is -1.07. The van der Waals surface area contributed by atoms with E-state index in [1.54, 1.807) is 0 Å². The quantitative estimate of drug-likeness (QED) is 0.786. The van der Waals surface area contributed by atoms with Crippen LogP contribution in [0.4, 0.5) is 0 Å². The van der Waals surface area contributed by atoms with E-state index in [9.17, 15) is 4.79 Å². The molecular formula is C18H27BrN2O2. The molecule has 4 nitrogen and oxygen atoms in total. The van der Waals surface area contributed by atoms with Crippen molar-refractivity contribution in [2.45, 2.75) is 64.6 Å². The van der Waals surface area contributed by atoms with Crippen LogP contribution in [0.25, 0.3) is 0 Å². The van der Waals surface area contributed by atoms with Gasteiger partial charge in [0.05, 0.1) is 0 Å². The van der Waals surface area contributed by atoms with Gasteiger partial charge < -0.3 is 15.4 Å². The third kappa shape index (κ3) is 6.51. The molecule has 0 radical (unpaired) electrons. The molecule has 2 N–H and O–H groups in total. The molecule has 1 aliphatic rings. The molecule has 1 saturated carbocycles. The van der Waals surface area contributed by atoms with Gasteiger partial charge in [-0.3, -0.25) is 4.79 Å². The van der Waals surface area contributed by atoms with Crippen molar-refractivity contribution in [2.75, 3.05) is 6.61 Å². The number of nitrogens with one attached hydrogen (secondary N) is 2. The molecule has 0 unspecified atom stereocenters. The molecule has 0 saturated heterocycles. The molecule has 0 heterocycles. The summed E-state index contributed by atoms with van der Waals surface area (Å²) in [6.45, 7) is 6.68. The average molecular weight is 383 g/mol. The molecule has 1 aromatic carbocycles. The molecule has 0 spiro atoms. The summed E-state index contributed by atoms with van der Waals surface area (Å²) < 4.78 is 6.76. The van der Waals surface area contributed by atoms with Crippen molar-refractivity contribution in [3.63, 3.8) is 0 Å². The minimum absolute atomic E-state index is 0.0370. The number of amides is 1. The number of benzene rings is 1. The van der Waals surface area contributed by atoms with Gasteiger partial charge in [-0.15, -0.1) is 0 Å². The first-order valence-corrected chi connectivity index (χ1v) is 9.08. The van der Waals surface area contributed by atoms with Crippen LogP contribution in [0.2, 0.25) is 0 Å². The van der Waals surface area contributed by atoms with E-state index in [-0.39, 0.29) is 18.1 Å². The molecular weight excluding hydrogens is 356 g/mol. The molecule has 23 heavy (non-hydrogen) atoms. The van der Waals surface area contributed by atoms with Gasteiger partial charge in [-0.05, 0) is 51.8 Å². The highest BCUT2D eigenvalue weighted by Gasteiger charge is 2.17. The fourth-order valence-electron chi connectivity index (χ4n) is 2.81. The molecule has 1 aliphatic carbocycles. The molecule has 1 amide bonds. The zero-order valence-corrected chi connectivity index (χ0v) is 15.8. The summed E-state index contributed by atoms with van der Waals surface area (Å²) in [7, 11) is 0. The zero-order valence-electron chi connectivity index (χ0n) is 14.2. The van der Waals surface area contributed by atoms with Crippen molar-refractivity contribution in [2.24, 2.45) is 0 Å². The molecule has 2 rings (SSSR count). The van der Waals surface area contributed by atoms with Gasteiger partial charge in [-0.1, -0.05) is 28.8 Å². The third-order valence-corrected chi connectivity index (χ3v) is 4.33. The maximum absolute atomic E-state index is 11.9. The number of halogens is 1. The molecule has 5 heteroatoms. The van der Waals surface area contributed by atoms with E-state index < -0.39 is 0 Å². The van der Waals surface area contributed by atoms with Gasteiger partial charge in [0.15, 0.2) is 6.61 Å². The summed E-state index contributed by atoms with van der Waals surface area (Å²) in [4.78, 5) is 11.9. The third-order valence-electron chi connectivity index (χ3n) is 3.83. The standard InChI is InChI=1S/C18H27BrN2O2/c1-18(2,3)21-17(22)12-23-16-9-8-14(19)10-13(16)11-20-15-6-4-5-7-15/h8-10,15,20H,4-7,11-12H2,1-3H3,(H,21,22). The van der Waals surface area contributed by atoms with E-state index in [0.717, 1.165) is 22.3 Å². The van der Waals surface area contributed by atoms with Gasteiger partial charge in [0.2, 0.25) is 0 Å². The Morgan fingerprint density at radius 1 is 1.30 bits per heavy atom. The molecule has 1 fully saturated rings. The van der Waals surface area contributed by atoms with E-state index in [1.165, 1.54) is 25.7 Å². The van der Waals surface area contributed by atoms with Crippen LogP contribution in [0.5, 0.6) is 5.75 Å². The first kappa shape index (κ1) is 18.3. The minimum atomic E-state index is -0.243.